The molecular weight excluding hydrogens is 524 g/mol. The minimum absolute atomic E-state index is 0.0258. The molecule has 3 aromatic carbocycles. The number of amidine groups is 2. The van der Waals surface area contributed by atoms with Crippen LogP contribution >= 0.6 is 0 Å². The van der Waals surface area contributed by atoms with Crippen LogP contribution in [0.25, 0.3) is 10.9 Å². The van der Waals surface area contributed by atoms with Gasteiger partial charge in [0.25, 0.3) is 0 Å². The summed E-state index contributed by atoms with van der Waals surface area (Å²) < 4.78 is 5.23. The van der Waals surface area contributed by atoms with Crippen LogP contribution in [0.5, 0.6) is 5.75 Å². The summed E-state index contributed by atoms with van der Waals surface area (Å²) in [6.45, 7) is 4.25. The molecule has 0 radical (unpaired) electrons. The van der Waals surface area contributed by atoms with Gasteiger partial charge < -0.3 is 25.3 Å². The molecule has 8 heteroatoms. The maximum absolute atomic E-state index is 12.5. The molecule has 1 amide bonds. The predicted molar refractivity (Wildman–Crippen MR) is 170 cm³/mol. The minimum Gasteiger partial charge on any atom is -0.497 e. The molecular formula is C34H42N6O2. The van der Waals surface area contributed by atoms with Crippen molar-refractivity contribution in [3.05, 3.63) is 102 Å². The highest BCUT2D eigenvalue weighted by Crippen LogP contribution is 2.16. The second-order valence-corrected chi connectivity index (χ2v) is 10.6. The van der Waals surface area contributed by atoms with Crippen molar-refractivity contribution in [2.24, 2.45) is 5.92 Å². The second-order valence-electron chi connectivity index (χ2n) is 10.6. The standard InChI is InChI=1S/C25H33N5O2.C9H9N/c1-32-22-12-9-20(10-13-22)18-30(23(26)14-11-19-6-3-2-4-7-19)24(27)17-29-25(31)21-8-5-15-28-16-21;1-7-6-10-9-5-3-2-4-8(7)9/h2-4,6-7,9-10,12-13,21,26-28H,5,8,11,14-18H2,1H3,(H,29,31);2-6,10H,1H3. The van der Waals surface area contributed by atoms with E-state index in [1.54, 1.807) is 12.0 Å². The lowest BCUT2D eigenvalue weighted by molar-refractivity contribution is -0.125. The predicted octanol–water partition coefficient (Wildman–Crippen LogP) is 5.68. The van der Waals surface area contributed by atoms with E-state index in [9.17, 15) is 4.79 Å². The van der Waals surface area contributed by atoms with E-state index in [-0.39, 0.29) is 24.2 Å². The molecule has 1 aliphatic heterocycles. The zero-order valence-corrected chi connectivity index (χ0v) is 24.6. The van der Waals surface area contributed by atoms with Gasteiger partial charge in [0.1, 0.15) is 17.4 Å². The Morgan fingerprint density at radius 3 is 2.40 bits per heavy atom. The molecule has 1 saturated heterocycles. The number of nitrogens with one attached hydrogen (secondary N) is 5. The number of carbonyl (C=O) groups excluding carboxylic acids is 1. The Hall–Kier alpha value is -4.43. The van der Waals surface area contributed by atoms with Gasteiger partial charge >= 0.3 is 0 Å². The highest BCUT2D eigenvalue weighted by Gasteiger charge is 2.22. The van der Waals surface area contributed by atoms with Crippen molar-refractivity contribution in [2.45, 2.75) is 39.2 Å². The number of ether oxygens (including phenoxy) is 1. The number of rotatable bonds is 9. The Bertz CT molecular complexity index is 1440. The first-order valence-electron chi connectivity index (χ1n) is 14.5. The lowest BCUT2D eigenvalue weighted by Crippen LogP contribution is -2.46. The number of nitrogens with zero attached hydrogens (tertiary/aromatic N) is 1. The molecule has 220 valence electrons. The number of hydrogen-bond donors (Lipinski definition) is 5. The molecule has 4 aromatic rings. The first-order valence-corrected chi connectivity index (χ1v) is 14.5. The van der Waals surface area contributed by atoms with Crippen LogP contribution < -0.4 is 15.4 Å². The molecule has 5 rings (SSSR count). The second kappa shape index (κ2) is 15.5. The first kappa shape index (κ1) is 30.5. The summed E-state index contributed by atoms with van der Waals surface area (Å²) in [4.78, 5) is 17.4. The van der Waals surface area contributed by atoms with E-state index < -0.39 is 0 Å². The summed E-state index contributed by atoms with van der Waals surface area (Å²) in [5, 5.41) is 24.8. The quantitative estimate of drug-likeness (QED) is 0.132. The number of carbonyl (C=O) groups is 1. The van der Waals surface area contributed by atoms with Crippen LogP contribution in [-0.2, 0) is 17.8 Å². The highest BCUT2D eigenvalue weighted by atomic mass is 16.5. The molecule has 0 bridgehead atoms. The van der Waals surface area contributed by atoms with Crippen molar-refractivity contribution in [3.8, 4) is 5.75 Å². The van der Waals surface area contributed by atoms with Gasteiger partial charge in [-0.15, -0.1) is 0 Å². The molecule has 1 unspecified atom stereocenters. The molecule has 1 atom stereocenters. The van der Waals surface area contributed by atoms with E-state index >= 15 is 0 Å². The summed E-state index contributed by atoms with van der Waals surface area (Å²) in [5.41, 5.74) is 4.67. The minimum atomic E-state index is -0.0517. The number of methoxy groups -OCH3 is 1. The van der Waals surface area contributed by atoms with Crippen molar-refractivity contribution >= 4 is 28.5 Å². The van der Waals surface area contributed by atoms with Crippen molar-refractivity contribution < 1.29 is 9.53 Å². The molecule has 1 fully saturated rings. The molecule has 5 N–H and O–H groups in total. The van der Waals surface area contributed by atoms with Gasteiger partial charge in [0.05, 0.1) is 26.1 Å². The molecule has 0 aliphatic carbocycles. The van der Waals surface area contributed by atoms with E-state index in [1.807, 2.05) is 66.9 Å². The van der Waals surface area contributed by atoms with Crippen LogP contribution in [0.15, 0.2) is 85.1 Å². The topological polar surface area (TPSA) is 117 Å². The lowest BCUT2D eigenvalue weighted by Gasteiger charge is -2.27. The van der Waals surface area contributed by atoms with E-state index in [2.05, 4.69) is 40.7 Å². The lowest BCUT2D eigenvalue weighted by atomic mass is 9.99. The van der Waals surface area contributed by atoms with Crippen molar-refractivity contribution in [1.82, 2.24) is 20.5 Å². The SMILES string of the molecule is COc1ccc(CN(C(=N)CCc2ccccc2)C(=N)CNC(=O)C2CCCNC2)cc1.Cc1c[nH]c2ccccc12. The smallest absolute Gasteiger partial charge is 0.224 e. The normalized spacial score (nSPS) is 14.4. The summed E-state index contributed by atoms with van der Waals surface area (Å²) >= 11 is 0. The third-order valence-corrected chi connectivity index (χ3v) is 7.54. The zero-order valence-electron chi connectivity index (χ0n) is 24.6. The van der Waals surface area contributed by atoms with Crippen LogP contribution in [0.1, 0.15) is 36.0 Å². The van der Waals surface area contributed by atoms with E-state index in [0.717, 1.165) is 42.7 Å². The fraction of sp³-hybridized carbons (Fsp3) is 0.324. The van der Waals surface area contributed by atoms with Crippen LogP contribution in [0.2, 0.25) is 0 Å². The van der Waals surface area contributed by atoms with Crippen molar-refractivity contribution in [1.29, 1.82) is 10.8 Å². The van der Waals surface area contributed by atoms with Gasteiger partial charge in [-0.2, -0.15) is 0 Å². The van der Waals surface area contributed by atoms with Crippen LogP contribution in [0.3, 0.4) is 0 Å². The third-order valence-electron chi connectivity index (χ3n) is 7.54. The number of aryl methyl sites for hydroxylation is 2. The molecule has 0 saturated carbocycles. The number of hydrogen-bond acceptors (Lipinski definition) is 5. The van der Waals surface area contributed by atoms with Gasteiger partial charge in [0, 0.05) is 30.1 Å². The summed E-state index contributed by atoms with van der Waals surface area (Å²) in [6.07, 6.45) is 5.14. The third kappa shape index (κ3) is 8.78. The molecule has 1 aromatic heterocycles. The van der Waals surface area contributed by atoms with E-state index in [1.165, 1.54) is 16.5 Å². The molecule has 2 heterocycles. The molecule has 42 heavy (non-hydrogen) atoms. The summed E-state index contributed by atoms with van der Waals surface area (Å²) in [5.74, 6) is 1.27. The fourth-order valence-electron chi connectivity index (χ4n) is 5.01. The largest absolute Gasteiger partial charge is 0.497 e. The highest BCUT2D eigenvalue weighted by molar-refractivity contribution is 6.00. The average Bonchev–Trinajstić information content (AvgIpc) is 3.43. The van der Waals surface area contributed by atoms with Gasteiger partial charge in [0.15, 0.2) is 0 Å². The van der Waals surface area contributed by atoms with Gasteiger partial charge in [-0.1, -0.05) is 60.7 Å². The Labute approximate surface area is 248 Å². The van der Waals surface area contributed by atoms with Gasteiger partial charge in [-0.05, 0) is 67.6 Å². The van der Waals surface area contributed by atoms with Crippen LogP contribution in [0.4, 0.5) is 0 Å². The molecule has 0 spiro atoms. The van der Waals surface area contributed by atoms with Crippen LogP contribution in [-0.4, -0.2) is 54.2 Å². The summed E-state index contributed by atoms with van der Waals surface area (Å²) in [7, 11) is 1.63. The number of para-hydroxylation sites is 1. The number of aromatic amines is 1. The number of benzene rings is 3. The zero-order chi connectivity index (χ0) is 29.7. The summed E-state index contributed by atoms with van der Waals surface area (Å²) in [6, 6.07) is 26.0. The van der Waals surface area contributed by atoms with Crippen molar-refractivity contribution in [3.63, 3.8) is 0 Å². The van der Waals surface area contributed by atoms with E-state index in [4.69, 9.17) is 15.6 Å². The Kier molecular flexibility index (Phi) is 11.3. The number of amides is 1. The van der Waals surface area contributed by atoms with E-state index in [0.29, 0.717) is 25.3 Å². The first-order chi connectivity index (χ1) is 20.4. The number of aromatic nitrogens is 1. The van der Waals surface area contributed by atoms with Crippen molar-refractivity contribution in [2.75, 3.05) is 26.7 Å². The number of piperidine rings is 1. The van der Waals surface area contributed by atoms with Crippen LogP contribution in [0, 0.1) is 23.7 Å². The maximum atomic E-state index is 12.5. The Balaban J connectivity index is 0.000000337. The average molecular weight is 567 g/mol. The van der Waals surface area contributed by atoms with Gasteiger partial charge in [-0.3, -0.25) is 15.6 Å². The van der Waals surface area contributed by atoms with Gasteiger partial charge in [-0.25, -0.2) is 0 Å². The number of fused-ring (bicyclic) bond motifs is 1. The van der Waals surface area contributed by atoms with Gasteiger partial charge in [0.2, 0.25) is 5.91 Å². The number of H-pyrrole nitrogens is 1. The monoisotopic (exact) mass is 566 g/mol. The maximum Gasteiger partial charge on any atom is 0.224 e. The Morgan fingerprint density at radius 1 is 0.976 bits per heavy atom. The molecule has 1 aliphatic rings. The molecule has 8 nitrogen and oxygen atoms in total. The Morgan fingerprint density at radius 2 is 1.71 bits per heavy atom. The fourth-order valence-corrected chi connectivity index (χ4v) is 5.01.